The van der Waals surface area contributed by atoms with Gasteiger partial charge in [-0.2, -0.15) is 13.2 Å². The van der Waals surface area contributed by atoms with Gasteiger partial charge in [-0.15, -0.1) is 0 Å². The molecule has 0 fully saturated rings. The molecule has 1 aliphatic rings. The smallest absolute Gasteiger partial charge is 0.294 e. The van der Waals surface area contributed by atoms with Crippen LogP contribution in [0.3, 0.4) is 0 Å². The van der Waals surface area contributed by atoms with Gasteiger partial charge in [0.15, 0.2) is 15.6 Å². The van der Waals surface area contributed by atoms with Crippen LogP contribution in [0.15, 0.2) is 65.6 Å². The van der Waals surface area contributed by atoms with Gasteiger partial charge in [-0.1, -0.05) is 35.9 Å². The zero-order valence-electron chi connectivity index (χ0n) is 17.7. The van der Waals surface area contributed by atoms with E-state index in [4.69, 9.17) is 11.6 Å². The summed E-state index contributed by atoms with van der Waals surface area (Å²) in [5.74, 6) is -1.28. The van der Waals surface area contributed by atoms with Crippen LogP contribution in [-0.4, -0.2) is 14.2 Å². The number of aryl methyl sites for hydroxylation is 1. The summed E-state index contributed by atoms with van der Waals surface area (Å²) in [5.41, 5.74) is 0.652. The van der Waals surface area contributed by atoms with Crippen LogP contribution >= 0.6 is 11.6 Å². The third-order valence-electron chi connectivity index (χ3n) is 5.96. The van der Waals surface area contributed by atoms with Gasteiger partial charge in [-0.3, -0.25) is 4.79 Å². The number of Topliss-reactive ketones (excluding diaryl/α,β-unsaturated/α-hetero) is 1. The van der Waals surface area contributed by atoms with Crippen molar-refractivity contribution >= 4 is 27.2 Å². The highest BCUT2D eigenvalue weighted by molar-refractivity contribution is 7.91. The number of rotatable bonds is 5. The lowest BCUT2D eigenvalue weighted by atomic mass is 9.89. The van der Waals surface area contributed by atoms with E-state index in [2.05, 4.69) is 0 Å². The molecule has 1 aliphatic carbocycles. The molecule has 0 heterocycles. The summed E-state index contributed by atoms with van der Waals surface area (Å²) in [6.07, 6.45) is -3.21. The monoisotopic (exact) mass is 510 g/mol. The molecular formula is C25H19ClF4O3S. The molecule has 0 N–H and O–H groups in total. The van der Waals surface area contributed by atoms with Crippen LogP contribution in [0.1, 0.15) is 50.7 Å². The van der Waals surface area contributed by atoms with Crippen molar-refractivity contribution in [2.24, 2.45) is 0 Å². The number of carbonyl (C=O) groups excluding carboxylic acids is 1. The molecule has 34 heavy (non-hydrogen) atoms. The van der Waals surface area contributed by atoms with Crippen LogP contribution in [0.5, 0.6) is 0 Å². The Morgan fingerprint density at radius 2 is 1.74 bits per heavy atom. The molecule has 0 bridgehead atoms. The summed E-state index contributed by atoms with van der Waals surface area (Å²) >= 11 is 5.99. The van der Waals surface area contributed by atoms with E-state index < -0.39 is 38.4 Å². The van der Waals surface area contributed by atoms with Crippen molar-refractivity contribution in [3.05, 3.63) is 99.3 Å². The maximum absolute atomic E-state index is 14.1. The minimum atomic E-state index is -4.57. The van der Waals surface area contributed by atoms with Crippen molar-refractivity contribution in [3.63, 3.8) is 0 Å². The summed E-state index contributed by atoms with van der Waals surface area (Å²) in [5, 5.41) is -0.967. The third-order valence-corrected chi connectivity index (χ3v) is 8.44. The Hall–Kier alpha value is -2.71. The van der Waals surface area contributed by atoms with Gasteiger partial charge < -0.3 is 0 Å². The number of fused-ring (bicyclic) bond motifs is 1. The second-order valence-corrected chi connectivity index (χ2v) is 10.7. The van der Waals surface area contributed by atoms with Crippen molar-refractivity contribution in [1.82, 2.24) is 0 Å². The fourth-order valence-corrected chi connectivity index (χ4v) is 6.42. The van der Waals surface area contributed by atoms with Crippen LogP contribution < -0.4 is 0 Å². The Morgan fingerprint density at radius 1 is 1.03 bits per heavy atom. The molecule has 0 saturated heterocycles. The zero-order valence-corrected chi connectivity index (χ0v) is 19.3. The topological polar surface area (TPSA) is 51.2 Å². The Labute approximate surface area is 199 Å². The molecule has 1 unspecified atom stereocenters. The molecule has 3 aromatic rings. The van der Waals surface area contributed by atoms with E-state index in [1.54, 1.807) is 18.2 Å². The van der Waals surface area contributed by atoms with E-state index in [-0.39, 0.29) is 21.9 Å². The highest BCUT2D eigenvalue weighted by Gasteiger charge is 2.35. The minimum absolute atomic E-state index is 0.00859. The molecule has 3 nitrogen and oxygen atoms in total. The first-order valence-electron chi connectivity index (χ1n) is 10.5. The average molecular weight is 511 g/mol. The van der Waals surface area contributed by atoms with Gasteiger partial charge in [0.2, 0.25) is 0 Å². The molecule has 0 saturated carbocycles. The van der Waals surface area contributed by atoms with E-state index in [0.717, 1.165) is 35.9 Å². The van der Waals surface area contributed by atoms with Crippen molar-refractivity contribution in [2.45, 2.75) is 42.0 Å². The second-order valence-electron chi connectivity index (χ2n) is 8.18. The number of carbonyl (C=O) groups is 1. The van der Waals surface area contributed by atoms with Crippen LogP contribution in [0.2, 0.25) is 5.02 Å². The van der Waals surface area contributed by atoms with Gasteiger partial charge >= 0.3 is 6.18 Å². The Kier molecular flexibility index (Phi) is 6.57. The first kappa shape index (κ1) is 24.4. The molecular weight excluding hydrogens is 492 g/mol. The molecule has 0 aromatic heterocycles. The van der Waals surface area contributed by atoms with Gasteiger partial charge in [0.05, 0.1) is 26.3 Å². The van der Waals surface area contributed by atoms with Gasteiger partial charge in [-0.05, 0) is 72.4 Å². The molecule has 0 aliphatic heterocycles. The van der Waals surface area contributed by atoms with Gasteiger partial charge in [0.25, 0.3) is 0 Å². The molecule has 0 amide bonds. The van der Waals surface area contributed by atoms with E-state index in [0.29, 0.717) is 30.4 Å². The Morgan fingerprint density at radius 3 is 2.38 bits per heavy atom. The lowest BCUT2D eigenvalue weighted by molar-refractivity contribution is -0.137. The van der Waals surface area contributed by atoms with E-state index in [1.807, 2.05) is 0 Å². The number of ketones is 1. The van der Waals surface area contributed by atoms with Gasteiger partial charge in [-0.25, -0.2) is 12.8 Å². The number of halogens is 5. The van der Waals surface area contributed by atoms with E-state index in [9.17, 15) is 30.8 Å². The zero-order chi connectivity index (χ0) is 24.7. The van der Waals surface area contributed by atoms with Gasteiger partial charge in [0.1, 0.15) is 5.82 Å². The standard InChI is InChI=1S/C25H19ClF4O3S/c26-20-4-2-5-21(27)24(20)22(31)14-15-7-8-16-3-1-6-23(19(16)13-15)34(32,33)18-11-9-17(10-12-18)25(28,29)30/h2,4-5,7-13,23H,1,3,6,14H2. The third kappa shape index (κ3) is 4.74. The van der Waals surface area contributed by atoms with Crippen molar-refractivity contribution in [1.29, 1.82) is 0 Å². The summed E-state index contributed by atoms with van der Waals surface area (Å²) in [6.45, 7) is 0. The van der Waals surface area contributed by atoms with Crippen LogP contribution in [-0.2, 0) is 28.9 Å². The predicted molar refractivity (Wildman–Crippen MR) is 120 cm³/mol. The quantitative estimate of drug-likeness (QED) is 0.281. The fourth-order valence-electron chi connectivity index (χ4n) is 4.27. The summed E-state index contributed by atoms with van der Waals surface area (Å²) in [4.78, 5) is 12.5. The maximum atomic E-state index is 14.1. The first-order chi connectivity index (χ1) is 16.0. The summed E-state index contributed by atoms with van der Waals surface area (Å²) < 4.78 is 79.5. The lowest BCUT2D eigenvalue weighted by Crippen LogP contribution is -2.20. The SMILES string of the molecule is O=C(Cc1ccc2c(c1)C(S(=O)(=O)c1ccc(C(F)(F)F)cc1)CCC2)c1c(F)cccc1Cl. The predicted octanol–water partition coefficient (Wildman–Crippen LogP) is 6.77. The molecule has 9 heteroatoms. The molecule has 178 valence electrons. The number of hydrogen-bond acceptors (Lipinski definition) is 3. The maximum Gasteiger partial charge on any atom is 0.416 e. The number of hydrogen-bond donors (Lipinski definition) is 0. The summed E-state index contributed by atoms with van der Waals surface area (Å²) in [6, 6.07) is 12.5. The molecule has 4 rings (SSSR count). The fraction of sp³-hybridized carbons (Fsp3) is 0.240. The van der Waals surface area contributed by atoms with Crippen LogP contribution in [0.4, 0.5) is 17.6 Å². The van der Waals surface area contributed by atoms with Gasteiger partial charge in [0, 0.05) is 6.42 Å². The molecule has 1 atom stereocenters. The number of alkyl halides is 3. The van der Waals surface area contributed by atoms with Crippen molar-refractivity contribution in [2.75, 3.05) is 0 Å². The van der Waals surface area contributed by atoms with E-state index in [1.165, 1.54) is 12.1 Å². The van der Waals surface area contributed by atoms with Crippen molar-refractivity contribution in [3.8, 4) is 0 Å². The summed E-state index contributed by atoms with van der Waals surface area (Å²) in [7, 11) is -3.98. The number of benzene rings is 3. The normalized spacial score (nSPS) is 16.2. The van der Waals surface area contributed by atoms with Crippen molar-refractivity contribution < 1.29 is 30.8 Å². The van der Waals surface area contributed by atoms with Crippen LogP contribution in [0, 0.1) is 5.82 Å². The Bertz CT molecular complexity index is 1330. The molecule has 0 spiro atoms. The number of sulfone groups is 1. The highest BCUT2D eigenvalue weighted by Crippen LogP contribution is 2.40. The van der Waals surface area contributed by atoms with Crippen LogP contribution in [0.25, 0.3) is 0 Å². The largest absolute Gasteiger partial charge is 0.416 e. The second kappa shape index (κ2) is 9.15. The average Bonchev–Trinajstić information content (AvgIpc) is 2.78. The molecule has 3 aromatic carbocycles. The van der Waals surface area contributed by atoms with E-state index >= 15 is 0 Å². The Balaban J connectivity index is 1.66. The molecule has 0 radical (unpaired) electrons. The lowest BCUT2D eigenvalue weighted by Gasteiger charge is -2.26. The highest BCUT2D eigenvalue weighted by atomic mass is 35.5. The first-order valence-corrected chi connectivity index (χ1v) is 12.4. The minimum Gasteiger partial charge on any atom is -0.294 e.